The van der Waals surface area contributed by atoms with Crippen LogP contribution in [0.1, 0.15) is 18.4 Å². The van der Waals surface area contributed by atoms with Crippen LogP contribution in [0.4, 0.5) is 0 Å². The number of rotatable bonds is 3. The first kappa shape index (κ1) is 10.0. The van der Waals surface area contributed by atoms with Gasteiger partial charge in [-0.05, 0) is 31.2 Å². The van der Waals surface area contributed by atoms with Crippen molar-refractivity contribution >= 4 is 0 Å². The number of aliphatic hydroxyl groups is 1. The molecule has 0 aromatic carbocycles. The maximum atomic E-state index is 10.5. The molecule has 0 fully saturated rings. The summed E-state index contributed by atoms with van der Waals surface area (Å²) in [6.07, 6.45) is 2.98. The molecule has 0 saturated heterocycles. The summed E-state index contributed by atoms with van der Waals surface area (Å²) in [7, 11) is 0. The van der Waals surface area contributed by atoms with Crippen molar-refractivity contribution in [3.05, 3.63) is 48.3 Å². The van der Waals surface area contributed by atoms with Crippen LogP contribution < -0.4 is 5.73 Å². The Hall–Kier alpha value is -1.52. The Bertz CT molecular complexity index is 369. The Morgan fingerprint density at radius 2 is 1.67 bits per heavy atom. The molecule has 4 nitrogen and oxygen atoms in total. The zero-order chi connectivity index (χ0) is 10.9. The Balaban J connectivity index is 2.51. The van der Waals surface area contributed by atoms with Gasteiger partial charge in [-0.1, -0.05) is 0 Å². The van der Waals surface area contributed by atoms with Gasteiger partial charge in [0.1, 0.15) is 11.5 Å². The minimum atomic E-state index is -1.41. The van der Waals surface area contributed by atoms with E-state index in [4.69, 9.17) is 14.6 Å². The molecule has 1 atom stereocenters. The average Bonchev–Trinajstić information content (AvgIpc) is 2.89. The van der Waals surface area contributed by atoms with E-state index in [-0.39, 0.29) is 0 Å². The zero-order valence-electron chi connectivity index (χ0n) is 8.38. The standard InChI is InChI=1S/C11H13NO3/c1-8(12)11(13,9-4-2-6-14-9)10-5-3-7-15-10/h2-8,13H,12H2,1H3. The highest BCUT2D eigenvalue weighted by atomic mass is 16.4. The minimum absolute atomic E-state index is 0.382. The fourth-order valence-corrected chi connectivity index (χ4v) is 1.56. The predicted octanol–water partition coefficient (Wildman–Crippen LogP) is 1.46. The van der Waals surface area contributed by atoms with E-state index < -0.39 is 11.6 Å². The molecule has 2 rings (SSSR count). The van der Waals surface area contributed by atoms with E-state index >= 15 is 0 Å². The Morgan fingerprint density at radius 1 is 1.20 bits per heavy atom. The highest BCUT2D eigenvalue weighted by molar-refractivity contribution is 5.25. The van der Waals surface area contributed by atoms with Crippen LogP contribution >= 0.6 is 0 Å². The van der Waals surface area contributed by atoms with Crippen molar-refractivity contribution in [2.75, 3.05) is 0 Å². The van der Waals surface area contributed by atoms with Crippen molar-refractivity contribution in [2.24, 2.45) is 5.73 Å². The van der Waals surface area contributed by atoms with Gasteiger partial charge in [0.2, 0.25) is 0 Å². The molecule has 0 aliphatic rings. The molecule has 2 aromatic heterocycles. The van der Waals surface area contributed by atoms with Gasteiger partial charge in [-0.25, -0.2) is 0 Å². The van der Waals surface area contributed by atoms with Gasteiger partial charge in [0, 0.05) is 6.04 Å². The topological polar surface area (TPSA) is 72.5 Å². The smallest absolute Gasteiger partial charge is 0.194 e. The molecule has 1 unspecified atom stereocenters. The summed E-state index contributed by atoms with van der Waals surface area (Å²) < 4.78 is 10.4. The molecule has 0 saturated carbocycles. The lowest BCUT2D eigenvalue weighted by Crippen LogP contribution is -2.43. The summed E-state index contributed by atoms with van der Waals surface area (Å²) in [5.41, 5.74) is 4.37. The second-order valence-electron chi connectivity index (χ2n) is 3.51. The number of furan rings is 2. The van der Waals surface area contributed by atoms with E-state index in [0.717, 1.165) is 0 Å². The molecule has 0 bridgehead atoms. The van der Waals surface area contributed by atoms with Gasteiger partial charge in [-0.15, -0.1) is 0 Å². The average molecular weight is 207 g/mol. The van der Waals surface area contributed by atoms with Gasteiger partial charge in [0.25, 0.3) is 0 Å². The molecular formula is C11H13NO3. The quantitative estimate of drug-likeness (QED) is 0.799. The second kappa shape index (κ2) is 3.56. The van der Waals surface area contributed by atoms with Gasteiger partial charge in [0.05, 0.1) is 12.5 Å². The Kier molecular flexibility index (Phi) is 2.38. The molecule has 2 heterocycles. The number of hydrogen-bond donors (Lipinski definition) is 2. The van der Waals surface area contributed by atoms with Crippen LogP contribution in [0, 0.1) is 0 Å². The summed E-state index contributed by atoms with van der Waals surface area (Å²) in [6.45, 7) is 1.70. The van der Waals surface area contributed by atoms with E-state index in [1.54, 1.807) is 31.2 Å². The summed E-state index contributed by atoms with van der Waals surface area (Å²) >= 11 is 0. The van der Waals surface area contributed by atoms with Crippen LogP contribution in [0.2, 0.25) is 0 Å². The molecule has 0 aliphatic heterocycles. The Morgan fingerprint density at radius 3 is 1.93 bits per heavy atom. The zero-order valence-corrected chi connectivity index (χ0v) is 8.38. The SMILES string of the molecule is CC(N)C(O)(c1ccco1)c1ccco1. The highest BCUT2D eigenvalue weighted by Crippen LogP contribution is 2.32. The van der Waals surface area contributed by atoms with Crippen LogP contribution in [0.3, 0.4) is 0 Å². The van der Waals surface area contributed by atoms with Crippen molar-refractivity contribution in [2.45, 2.75) is 18.6 Å². The van der Waals surface area contributed by atoms with Crippen LogP contribution in [0.25, 0.3) is 0 Å². The maximum absolute atomic E-state index is 10.5. The van der Waals surface area contributed by atoms with E-state index in [1.807, 2.05) is 0 Å². The van der Waals surface area contributed by atoms with Crippen molar-refractivity contribution < 1.29 is 13.9 Å². The van der Waals surface area contributed by atoms with Crippen LogP contribution in [0.5, 0.6) is 0 Å². The summed E-state index contributed by atoms with van der Waals surface area (Å²) in [5.74, 6) is 0.764. The lowest BCUT2D eigenvalue weighted by atomic mass is 9.90. The van der Waals surface area contributed by atoms with Crippen molar-refractivity contribution in [3.63, 3.8) is 0 Å². The molecule has 0 spiro atoms. The van der Waals surface area contributed by atoms with Gasteiger partial charge < -0.3 is 19.7 Å². The Labute approximate surface area is 87.3 Å². The molecule has 2 aromatic rings. The highest BCUT2D eigenvalue weighted by Gasteiger charge is 2.41. The molecular weight excluding hydrogens is 194 g/mol. The van der Waals surface area contributed by atoms with Gasteiger partial charge >= 0.3 is 0 Å². The van der Waals surface area contributed by atoms with E-state index in [2.05, 4.69) is 0 Å². The third-order valence-electron chi connectivity index (χ3n) is 2.45. The van der Waals surface area contributed by atoms with Crippen LogP contribution in [-0.4, -0.2) is 11.1 Å². The fraction of sp³-hybridized carbons (Fsp3) is 0.273. The predicted molar refractivity (Wildman–Crippen MR) is 54.1 cm³/mol. The third-order valence-corrected chi connectivity index (χ3v) is 2.45. The van der Waals surface area contributed by atoms with Crippen LogP contribution in [-0.2, 0) is 5.60 Å². The van der Waals surface area contributed by atoms with Crippen molar-refractivity contribution in [1.82, 2.24) is 0 Å². The number of hydrogen-bond acceptors (Lipinski definition) is 4. The van der Waals surface area contributed by atoms with Crippen LogP contribution in [0.15, 0.2) is 45.6 Å². The van der Waals surface area contributed by atoms with Gasteiger partial charge in [0.15, 0.2) is 5.60 Å². The van der Waals surface area contributed by atoms with Crippen molar-refractivity contribution in [1.29, 1.82) is 0 Å². The molecule has 0 radical (unpaired) electrons. The van der Waals surface area contributed by atoms with E-state index in [0.29, 0.717) is 11.5 Å². The van der Waals surface area contributed by atoms with E-state index in [9.17, 15) is 5.11 Å². The first-order valence-corrected chi connectivity index (χ1v) is 4.71. The van der Waals surface area contributed by atoms with Gasteiger partial charge in [-0.2, -0.15) is 0 Å². The lowest BCUT2D eigenvalue weighted by Gasteiger charge is -2.27. The van der Waals surface area contributed by atoms with Crippen molar-refractivity contribution in [3.8, 4) is 0 Å². The fourth-order valence-electron chi connectivity index (χ4n) is 1.56. The molecule has 0 amide bonds. The third kappa shape index (κ3) is 1.48. The summed E-state index contributed by atoms with van der Waals surface area (Å²) in [6, 6.07) is 6.21. The summed E-state index contributed by atoms with van der Waals surface area (Å²) in [4.78, 5) is 0. The number of nitrogens with two attached hydrogens (primary N) is 1. The van der Waals surface area contributed by atoms with E-state index in [1.165, 1.54) is 12.5 Å². The monoisotopic (exact) mass is 207 g/mol. The maximum Gasteiger partial charge on any atom is 0.194 e. The normalized spacial score (nSPS) is 14.1. The first-order valence-electron chi connectivity index (χ1n) is 4.71. The largest absolute Gasteiger partial charge is 0.466 e. The lowest BCUT2D eigenvalue weighted by molar-refractivity contribution is 0.0150. The minimum Gasteiger partial charge on any atom is -0.466 e. The second-order valence-corrected chi connectivity index (χ2v) is 3.51. The molecule has 15 heavy (non-hydrogen) atoms. The van der Waals surface area contributed by atoms with Gasteiger partial charge in [-0.3, -0.25) is 0 Å². The molecule has 0 aliphatic carbocycles. The first-order chi connectivity index (χ1) is 7.15. The molecule has 4 heteroatoms. The molecule has 80 valence electrons. The molecule has 3 N–H and O–H groups in total. The summed E-state index contributed by atoms with van der Waals surface area (Å²) in [5, 5.41) is 10.5.